The Morgan fingerprint density at radius 1 is 0.579 bits per heavy atom. The number of nitrogens with zero attached hydrogens (tertiary/aromatic N) is 2. The Labute approximate surface area is 333 Å². The average molecular weight is 846 g/mol. The number of amides is 2. The summed E-state index contributed by atoms with van der Waals surface area (Å²) in [5.74, 6) is -3.50. The van der Waals surface area contributed by atoms with Gasteiger partial charge in [-0.15, -0.1) is 0 Å². The minimum absolute atomic E-state index is 0.0525. The van der Waals surface area contributed by atoms with Crippen molar-refractivity contribution < 1.29 is 46.2 Å². The lowest BCUT2D eigenvalue weighted by Gasteiger charge is -2.16. The topological polar surface area (TPSA) is 129 Å². The number of ether oxygens (including phenoxy) is 3. The predicted octanol–water partition coefficient (Wildman–Crippen LogP) is 9.84. The fraction of sp³-hybridized carbons (Fsp3) is 0.119. The summed E-state index contributed by atoms with van der Waals surface area (Å²) in [6, 6.07) is 25.6. The number of pyridine rings is 2. The molecule has 0 spiro atoms. The van der Waals surface area contributed by atoms with Crippen LogP contribution < -0.4 is 20.1 Å². The third-order valence-electron chi connectivity index (χ3n) is 8.08. The molecule has 15 heteroatoms. The highest BCUT2D eigenvalue weighted by Crippen LogP contribution is 2.27. The SMILES string of the molecule is CC(NC(=O)c1cc(F)cnc1Oc1ccc(F)cc1)c1ccc(Br)cc1.COC(=O)c1ccc(C(C)NC(=O)c2cc(F)cnc2Oc2ccc(F)cc2)cc1. The van der Waals surface area contributed by atoms with E-state index in [1.165, 1.54) is 55.6 Å². The Bertz CT molecular complexity index is 2330. The van der Waals surface area contributed by atoms with Gasteiger partial charge in [0.2, 0.25) is 11.8 Å². The lowest BCUT2D eigenvalue weighted by molar-refractivity contribution is 0.0600. The zero-order chi connectivity index (χ0) is 41.1. The average Bonchev–Trinajstić information content (AvgIpc) is 3.21. The zero-order valence-electron chi connectivity index (χ0n) is 30.4. The van der Waals surface area contributed by atoms with Gasteiger partial charge in [-0.2, -0.15) is 0 Å². The van der Waals surface area contributed by atoms with E-state index in [4.69, 9.17) is 9.47 Å². The molecule has 0 aliphatic heterocycles. The fourth-order valence-electron chi connectivity index (χ4n) is 5.06. The summed E-state index contributed by atoms with van der Waals surface area (Å²) >= 11 is 3.36. The maximum Gasteiger partial charge on any atom is 0.337 e. The van der Waals surface area contributed by atoms with Crippen molar-refractivity contribution in [2.45, 2.75) is 25.9 Å². The minimum atomic E-state index is -0.707. The highest BCUT2D eigenvalue weighted by atomic mass is 79.9. The molecule has 292 valence electrons. The van der Waals surface area contributed by atoms with Gasteiger partial charge in [0.25, 0.3) is 11.8 Å². The molecule has 10 nitrogen and oxygen atoms in total. The molecule has 0 saturated heterocycles. The van der Waals surface area contributed by atoms with Crippen molar-refractivity contribution in [2.75, 3.05) is 7.11 Å². The number of methoxy groups -OCH3 is 1. The van der Waals surface area contributed by atoms with Crippen molar-refractivity contribution in [2.24, 2.45) is 0 Å². The third kappa shape index (κ3) is 11.7. The molecule has 2 atom stereocenters. The van der Waals surface area contributed by atoms with E-state index in [0.29, 0.717) is 5.56 Å². The van der Waals surface area contributed by atoms with E-state index in [-0.39, 0.29) is 40.4 Å². The Balaban J connectivity index is 0.000000219. The highest BCUT2D eigenvalue weighted by Gasteiger charge is 2.21. The van der Waals surface area contributed by atoms with Gasteiger partial charge >= 0.3 is 5.97 Å². The quantitative estimate of drug-likeness (QED) is 0.0975. The van der Waals surface area contributed by atoms with Crippen molar-refractivity contribution in [1.29, 1.82) is 0 Å². The molecule has 0 radical (unpaired) electrons. The first-order chi connectivity index (χ1) is 27.3. The minimum Gasteiger partial charge on any atom is -0.465 e. The molecular formula is C42H33BrF4N4O6. The first kappa shape index (κ1) is 41.6. The van der Waals surface area contributed by atoms with Crippen molar-refractivity contribution in [1.82, 2.24) is 20.6 Å². The first-order valence-corrected chi connectivity index (χ1v) is 17.8. The Kier molecular flexibility index (Phi) is 14.1. The second-order valence-electron chi connectivity index (χ2n) is 12.2. The van der Waals surface area contributed by atoms with Gasteiger partial charge in [-0.1, -0.05) is 40.2 Å². The molecular weight excluding hydrogens is 812 g/mol. The van der Waals surface area contributed by atoms with E-state index in [0.717, 1.165) is 40.1 Å². The molecule has 0 saturated carbocycles. The van der Waals surface area contributed by atoms with Crippen molar-refractivity contribution in [3.05, 3.63) is 177 Å². The predicted molar refractivity (Wildman–Crippen MR) is 205 cm³/mol. The molecule has 0 aliphatic carbocycles. The molecule has 0 aliphatic rings. The van der Waals surface area contributed by atoms with Crippen LogP contribution in [0.1, 0.15) is 68.1 Å². The van der Waals surface area contributed by atoms with Crippen LogP contribution in [0.4, 0.5) is 17.6 Å². The molecule has 0 bridgehead atoms. The summed E-state index contributed by atoms with van der Waals surface area (Å²) < 4.78 is 70.1. The van der Waals surface area contributed by atoms with Gasteiger partial charge in [-0.3, -0.25) is 9.59 Å². The van der Waals surface area contributed by atoms with Gasteiger partial charge < -0.3 is 24.8 Å². The number of nitrogens with one attached hydrogen (secondary N) is 2. The fourth-order valence-corrected chi connectivity index (χ4v) is 5.33. The van der Waals surface area contributed by atoms with Crippen molar-refractivity contribution >= 4 is 33.7 Å². The number of hydrogen-bond acceptors (Lipinski definition) is 8. The monoisotopic (exact) mass is 844 g/mol. The van der Waals surface area contributed by atoms with E-state index >= 15 is 0 Å². The van der Waals surface area contributed by atoms with Gasteiger partial charge in [-0.25, -0.2) is 32.3 Å². The van der Waals surface area contributed by atoms with Crippen LogP contribution in [-0.4, -0.2) is 34.9 Å². The summed E-state index contributed by atoms with van der Waals surface area (Å²) in [6.45, 7) is 3.55. The lowest BCUT2D eigenvalue weighted by Crippen LogP contribution is -2.27. The molecule has 0 fully saturated rings. The summed E-state index contributed by atoms with van der Waals surface area (Å²) in [5.41, 5.74) is 1.82. The Morgan fingerprint density at radius 3 is 1.35 bits per heavy atom. The molecule has 57 heavy (non-hydrogen) atoms. The maximum atomic E-state index is 13.7. The summed E-state index contributed by atoms with van der Waals surface area (Å²) in [6.07, 6.45) is 1.87. The van der Waals surface area contributed by atoms with E-state index in [1.54, 1.807) is 31.2 Å². The molecule has 2 N–H and O–H groups in total. The number of esters is 1. The molecule has 2 amide bonds. The number of hydrogen-bond donors (Lipinski definition) is 2. The van der Waals surface area contributed by atoms with Crippen LogP contribution in [-0.2, 0) is 4.74 Å². The van der Waals surface area contributed by atoms with Crippen LogP contribution in [0.2, 0.25) is 0 Å². The molecule has 2 aromatic heterocycles. The van der Waals surface area contributed by atoms with Gasteiger partial charge in [0, 0.05) is 4.47 Å². The largest absolute Gasteiger partial charge is 0.465 e. The van der Waals surface area contributed by atoms with E-state index in [1.807, 2.05) is 31.2 Å². The number of halogens is 5. The van der Waals surface area contributed by atoms with E-state index < -0.39 is 47.1 Å². The number of carbonyl (C=O) groups is 3. The summed E-state index contributed by atoms with van der Waals surface area (Å²) in [4.78, 5) is 44.6. The smallest absolute Gasteiger partial charge is 0.337 e. The number of carbonyl (C=O) groups excluding carboxylic acids is 3. The van der Waals surface area contributed by atoms with E-state index in [9.17, 15) is 31.9 Å². The number of benzene rings is 4. The van der Waals surface area contributed by atoms with Gasteiger partial charge in [-0.05, 0) is 110 Å². The van der Waals surface area contributed by atoms with Gasteiger partial charge in [0.15, 0.2) is 0 Å². The molecule has 6 rings (SSSR count). The van der Waals surface area contributed by atoms with Crippen LogP contribution in [0.25, 0.3) is 0 Å². The van der Waals surface area contributed by atoms with Crippen LogP contribution in [0.5, 0.6) is 23.3 Å². The number of rotatable bonds is 11. The normalized spacial score (nSPS) is 11.6. The van der Waals surface area contributed by atoms with Gasteiger partial charge in [0.05, 0.1) is 37.2 Å². The highest BCUT2D eigenvalue weighted by molar-refractivity contribution is 9.10. The zero-order valence-corrected chi connectivity index (χ0v) is 32.0. The molecule has 4 aromatic carbocycles. The molecule has 2 unspecified atom stereocenters. The standard InChI is InChI=1S/C22H18F2N2O4.C20H15BrF2N2O2/c1-13(14-3-5-15(6-4-14)22(28)29-2)26-20(27)19-11-17(24)12-25-21(19)30-18-9-7-16(23)8-10-18;1-12(13-2-4-14(21)5-3-13)25-19(26)18-10-16(23)11-24-20(18)27-17-8-6-15(22)7-9-17/h3-13H,1-2H3,(H,26,27);2-12H,1H3,(H,25,26). The summed E-state index contributed by atoms with van der Waals surface area (Å²) in [7, 11) is 1.29. The van der Waals surface area contributed by atoms with Gasteiger partial charge in [0.1, 0.15) is 45.9 Å². The van der Waals surface area contributed by atoms with E-state index in [2.05, 4.69) is 41.3 Å². The van der Waals surface area contributed by atoms with Crippen LogP contribution in [0, 0.1) is 23.3 Å². The second kappa shape index (κ2) is 19.3. The molecule has 2 heterocycles. The second-order valence-corrected chi connectivity index (χ2v) is 13.1. The Hall–Kier alpha value is -6.61. The molecule has 6 aromatic rings. The Morgan fingerprint density at radius 2 is 0.965 bits per heavy atom. The van der Waals surface area contributed by atoms with Crippen molar-refractivity contribution in [3.8, 4) is 23.3 Å². The van der Waals surface area contributed by atoms with Crippen molar-refractivity contribution in [3.63, 3.8) is 0 Å². The van der Waals surface area contributed by atoms with Crippen LogP contribution in [0.3, 0.4) is 0 Å². The lowest BCUT2D eigenvalue weighted by atomic mass is 10.1. The summed E-state index contributed by atoms with van der Waals surface area (Å²) in [5, 5.41) is 5.53. The maximum absolute atomic E-state index is 13.7. The third-order valence-corrected chi connectivity index (χ3v) is 8.61. The number of aromatic nitrogens is 2. The first-order valence-electron chi connectivity index (χ1n) is 17.0. The van der Waals surface area contributed by atoms with Crippen LogP contribution >= 0.6 is 15.9 Å². The van der Waals surface area contributed by atoms with Crippen LogP contribution in [0.15, 0.2) is 126 Å².